The summed E-state index contributed by atoms with van der Waals surface area (Å²) in [5, 5.41) is 0. The number of pyridine rings is 1. The van der Waals surface area contributed by atoms with Gasteiger partial charge in [-0.3, -0.25) is 4.98 Å². The molecular weight excluding hydrogens is 232 g/mol. The molecule has 2 aromatic rings. The predicted octanol–water partition coefficient (Wildman–Crippen LogP) is 3.50. The first-order chi connectivity index (χ1) is 9.11. The normalized spacial score (nSPS) is 12.4. The molecular formula is C17H22N2. The fraction of sp³-hybridized carbons (Fsp3) is 0.353. The van der Waals surface area contributed by atoms with Gasteiger partial charge in [-0.1, -0.05) is 31.2 Å². The minimum absolute atomic E-state index is 0.0150. The van der Waals surface area contributed by atoms with Crippen molar-refractivity contribution in [1.82, 2.24) is 4.98 Å². The average molecular weight is 254 g/mol. The van der Waals surface area contributed by atoms with E-state index in [4.69, 9.17) is 5.73 Å². The molecule has 0 aliphatic heterocycles. The molecule has 0 saturated carbocycles. The Bertz CT molecular complexity index is 523. The molecule has 0 bridgehead atoms. The van der Waals surface area contributed by atoms with Gasteiger partial charge >= 0.3 is 0 Å². The number of aromatic nitrogens is 1. The molecule has 0 fully saturated rings. The Morgan fingerprint density at radius 3 is 2.32 bits per heavy atom. The molecule has 2 N–H and O–H groups in total. The fourth-order valence-corrected chi connectivity index (χ4v) is 2.52. The third kappa shape index (κ3) is 3.21. The van der Waals surface area contributed by atoms with Crippen LogP contribution >= 0.6 is 0 Å². The van der Waals surface area contributed by atoms with Gasteiger partial charge in [-0.15, -0.1) is 0 Å². The number of hydrogen-bond donors (Lipinski definition) is 1. The molecule has 0 saturated heterocycles. The fourth-order valence-electron chi connectivity index (χ4n) is 2.52. The topological polar surface area (TPSA) is 38.9 Å². The minimum Gasteiger partial charge on any atom is -0.324 e. The standard InChI is InChI=1S/C17H22N2/c1-4-14-8-9-15(19-11-14)10-16(18)17-12(2)6-5-7-13(17)3/h5-9,11,16H,4,10,18H2,1-3H3. The Kier molecular flexibility index (Phi) is 4.33. The van der Waals surface area contributed by atoms with E-state index in [9.17, 15) is 0 Å². The maximum Gasteiger partial charge on any atom is 0.0422 e. The van der Waals surface area contributed by atoms with Gasteiger partial charge in [0.25, 0.3) is 0 Å². The van der Waals surface area contributed by atoms with Crippen LogP contribution < -0.4 is 5.73 Å². The number of aryl methyl sites for hydroxylation is 3. The van der Waals surface area contributed by atoms with E-state index in [1.54, 1.807) is 0 Å². The van der Waals surface area contributed by atoms with Gasteiger partial charge in [0.1, 0.15) is 0 Å². The summed E-state index contributed by atoms with van der Waals surface area (Å²) in [6.07, 6.45) is 3.76. The van der Waals surface area contributed by atoms with Crippen LogP contribution in [0.5, 0.6) is 0 Å². The molecule has 1 heterocycles. The van der Waals surface area contributed by atoms with Gasteiger partial charge in [-0.05, 0) is 48.6 Å². The highest BCUT2D eigenvalue weighted by Gasteiger charge is 2.12. The molecule has 0 spiro atoms. The van der Waals surface area contributed by atoms with Crippen LogP contribution in [0.3, 0.4) is 0 Å². The zero-order chi connectivity index (χ0) is 13.8. The van der Waals surface area contributed by atoms with Crippen molar-refractivity contribution in [2.24, 2.45) is 5.73 Å². The summed E-state index contributed by atoms with van der Waals surface area (Å²) in [6.45, 7) is 6.38. The van der Waals surface area contributed by atoms with Gasteiger partial charge in [-0.25, -0.2) is 0 Å². The van der Waals surface area contributed by atoms with Crippen molar-refractivity contribution in [3.63, 3.8) is 0 Å². The van der Waals surface area contributed by atoms with Crippen LogP contribution in [0.2, 0.25) is 0 Å². The summed E-state index contributed by atoms with van der Waals surface area (Å²) in [7, 11) is 0. The van der Waals surface area contributed by atoms with E-state index >= 15 is 0 Å². The largest absolute Gasteiger partial charge is 0.324 e. The number of benzene rings is 1. The van der Waals surface area contributed by atoms with Crippen molar-refractivity contribution in [2.45, 2.75) is 39.7 Å². The van der Waals surface area contributed by atoms with Crippen molar-refractivity contribution < 1.29 is 0 Å². The van der Waals surface area contributed by atoms with E-state index in [0.717, 1.165) is 18.5 Å². The lowest BCUT2D eigenvalue weighted by molar-refractivity contribution is 0.696. The highest BCUT2D eigenvalue weighted by atomic mass is 14.7. The van der Waals surface area contributed by atoms with Crippen LogP contribution in [0.1, 0.15) is 40.9 Å². The lowest BCUT2D eigenvalue weighted by Crippen LogP contribution is -2.16. The van der Waals surface area contributed by atoms with Crippen molar-refractivity contribution in [1.29, 1.82) is 0 Å². The van der Waals surface area contributed by atoms with E-state index in [1.165, 1.54) is 22.3 Å². The summed E-state index contributed by atoms with van der Waals surface area (Å²) in [6, 6.07) is 10.6. The molecule has 0 amide bonds. The first kappa shape index (κ1) is 13.8. The number of nitrogens with two attached hydrogens (primary N) is 1. The summed E-state index contributed by atoms with van der Waals surface area (Å²) in [5.41, 5.74) is 12.5. The SMILES string of the molecule is CCc1ccc(CC(N)c2c(C)cccc2C)nc1. The molecule has 100 valence electrons. The zero-order valence-corrected chi connectivity index (χ0v) is 12.0. The van der Waals surface area contributed by atoms with Crippen LogP contribution in [0, 0.1) is 13.8 Å². The second-order valence-electron chi connectivity index (χ2n) is 5.13. The molecule has 2 heteroatoms. The number of hydrogen-bond acceptors (Lipinski definition) is 2. The molecule has 1 atom stereocenters. The molecule has 0 radical (unpaired) electrons. The van der Waals surface area contributed by atoms with Crippen molar-refractivity contribution in [3.8, 4) is 0 Å². The molecule has 0 aliphatic carbocycles. The minimum atomic E-state index is 0.0150. The molecule has 1 unspecified atom stereocenters. The van der Waals surface area contributed by atoms with Gasteiger partial charge < -0.3 is 5.73 Å². The Morgan fingerprint density at radius 2 is 1.79 bits per heavy atom. The molecule has 1 aromatic carbocycles. The molecule has 19 heavy (non-hydrogen) atoms. The predicted molar refractivity (Wildman–Crippen MR) is 80.2 cm³/mol. The van der Waals surface area contributed by atoms with Crippen molar-refractivity contribution in [3.05, 3.63) is 64.5 Å². The second-order valence-corrected chi connectivity index (χ2v) is 5.13. The summed E-state index contributed by atoms with van der Waals surface area (Å²) in [4.78, 5) is 4.49. The maximum absolute atomic E-state index is 6.36. The summed E-state index contributed by atoms with van der Waals surface area (Å²) in [5.74, 6) is 0. The van der Waals surface area contributed by atoms with Crippen LogP contribution in [0.25, 0.3) is 0 Å². The third-order valence-electron chi connectivity index (χ3n) is 3.64. The monoisotopic (exact) mass is 254 g/mol. The highest BCUT2D eigenvalue weighted by molar-refractivity contribution is 5.36. The van der Waals surface area contributed by atoms with E-state index in [-0.39, 0.29) is 6.04 Å². The second kappa shape index (κ2) is 5.98. The Balaban J connectivity index is 2.18. The third-order valence-corrected chi connectivity index (χ3v) is 3.64. The first-order valence-corrected chi connectivity index (χ1v) is 6.87. The Hall–Kier alpha value is -1.67. The molecule has 2 nitrogen and oxygen atoms in total. The Labute approximate surface area is 115 Å². The van der Waals surface area contributed by atoms with Crippen LogP contribution in [0.15, 0.2) is 36.5 Å². The Morgan fingerprint density at radius 1 is 1.11 bits per heavy atom. The van der Waals surface area contributed by atoms with Crippen molar-refractivity contribution >= 4 is 0 Å². The van der Waals surface area contributed by atoms with E-state index in [1.807, 2.05) is 6.20 Å². The molecule has 0 aliphatic rings. The first-order valence-electron chi connectivity index (χ1n) is 6.87. The van der Waals surface area contributed by atoms with Gasteiger partial charge in [0, 0.05) is 24.4 Å². The highest BCUT2D eigenvalue weighted by Crippen LogP contribution is 2.22. The van der Waals surface area contributed by atoms with Gasteiger partial charge in [0.15, 0.2) is 0 Å². The van der Waals surface area contributed by atoms with Crippen LogP contribution in [-0.4, -0.2) is 4.98 Å². The van der Waals surface area contributed by atoms with E-state index < -0.39 is 0 Å². The van der Waals surface area contributed by atoms with Gasteiger partial charge in [0.2, 0.25) is 0 Å². The maximum atomic E-state index is 6.36. The van der Waals surface area contributed by atoms with Gasteiger partial charge in [-0.2, -0.15) is 0 Å². The van der Waals surface area contributed by atoms with E-state index in [2.05, 4.69) is 56.1 Å². The van der Waals surface area contributed by atoms with E-state index in [0.29, 0.717) is 0 Å². The lowest BCUT2D eigenvalue weighted by Gasteiger charge is -2.17. The van der Waals surface area contributed by atoms with Crippen LogP contribution in [-0.2, 0) is 12.8 Å². The van der Waals surface area contributed by atoms with Crippen LogP contribution in [0.4, 0.5) is 0 Å². The zero-order valence-electron chi connectivity index (χ0n) is 12.0. The van der Waals surface area contributed by atoms with Crippen molar-refractivity contribution in [2.75, 3.05) is 0 Å². The summed E-state index contributed by atoms with van der Waals surface area (Å²) < 4.78 is 0. The average Bonchev–Trinajstić information content (AvgIpc) is 2.39. The quantitative estimate of drug-likeness (QED) is 0.907. The molecule has 2 rings (SSSR count). The summed E-state index contributed by atoms with van der Waals surface area (Å²) >= 11 is 0. The number of nitrogens with zero attached hydrogens (tertiary/aromatic N) is 1. The molecule has 1 aromatic heterocycles. The number of rotatable bonds is 4. The smallest absolute Gasteiger partial charge is 0.0422 e. The van der Waals surface area contributed by atoms with Gasteiger partial charge in [0.05, 0.1) is 0 Å². The lowest BCUT2D eigenvalue weighted by atomic mass is 9.93.